The highest BCUT2D eigenvalue weighted by atomic mass is 16.5. The van der Waals surface area contributed by atoms with Crippen molar-refractivity contribution in [3.05, 3.63) is 65.6 Å². The van der Waals surface area contributed by atoms with Gasteiger partial charge in [-0.3, -0.25) is 19.5 Å². The van der Waals surface area contributed by atoms with Crippen molar-refractivity contribution >= 4 is 17.4 Å². The number of rotatable bonds is 6. The van der Waals surface area contributed by atoms with E-state index in [-0.39, 0.29) is 24.5 Å². The number of ether oxygens (including phenoxy) is 1. The van der Waals surface area contributed by atoms with Crippen molar-refractivity contribution in [3.8, 4) is 5.75 Å². The van der Waals surface area contributed by atoms with Gasteiger partial charge in [-0.15, -0.1) is 0 Å². The number of nitrogens with zero attached hydrogens (tertiary/aromatic N) is 3. The first-order valence-electron chi connectivity index (χ1n) is 11.0. The molecule has 0 radical (unpaired) electrons. The maximum atomic E-state index is 13.5. The molecular weight excluding hydrogens is 390 g/mol. The third-order valence-corrected chi connectivity index (χ3v) is 5.80. The largest absolute Gasteiger partial charge is 0.491 e. The first-order chi connectivity index (χ1) is 14.9. The normalized spacial score (nSPS) is 17.8. The van der Waals surface area contributed by atoms with Gasteiger partial charge in [0.2, 0.25) is 0 Å². The minimum atomic E-state index is -0.262. The summed E-state index contributed by atoms with van der Waals surface area (Å²) in [4.78, 5) is 34.6. The molecule has 162 valence electrons. The van der Waals surface area contributed by atoms with Crippen molar-refractivity contribution in [2.75, 3.05) is 13.1 Å². The molecule has 2 aliphatic heterocycles. The average Bonchev–Trinajstić information content (AvgIpc) is 3.00. The number of piperidine rings is 1. The number of pyridine rings is 1. The van der Waals surface area contributed by atoms with E-state index in [1.807, 2.05) is 56.3 Å². The van der Waals surface area contributed by atoms with E-state index in [0.29, 0.717) is 22.9 Å². The number of likely N-dealkylation sites (tertiary alicyclic amines) is 1. The third kappa shape index (κ3) is 4.48. The van der Waals surface area contributed by atoms with E-state index in [1.165, 1.54) is 4.90 Å². The van der Waals surface area contributed by atoms with Gasteiger partial charge in [0, 0.05) is 19.3 Å². The Labute approximate surface area is 183 Å². The lowest BCUT2D eigenvalue weighted by Crippen LogP contribution is -2.38. The molecular formula is C25H29N3O3. The number of carbonyl (C=O) groups is 2. The molecule has 0 unspecified atom stereocenters. The molecule has 0 saturated carbocycles. The first kappa shape index (κ1) is 21.1. The Bertz CT molecular complexity index is 975. The molecule has 6 heteroatoms. The van der Waals surface area contributed by atoms with Crippen LogP contribution in [0.1, 0.15) is 44.9 Å². The van der Waals surface area contributed by atoms with Gasteiger partial charge in [0.1, 0.15) is 11.4 Å². The highest BCUT2D eigenvalue weighted by Crippen LogP contribution is 2.35. The van der Waals surface area contributed by atoms with Crippen LogP contribution in [-0.4, -0.2) is 45.8 Å². The van der Waals surface area contributed by atoms with Crippen molar-refractivity contribution in [2.45, 2.75) is 46.3 Å². The molecule has 3 heterocycles. The molecule has 2 amide bonds. The quantitative estimate of drug-likeness (QED) is 0.665. The lowest BCUT2D eigenvalue weighted by atomic mass is 9.97. The number of amides is 2. The summed E-state index contributed by atoms with van der Waals surface area (Å²) in [6.07, 6.45) is 3.77. The number of hydrogen-bond donors (Lipinski definition) is 0. The van der Waals surface area contributed by atoms with Gasteiger partial charge in [0.25, 0.3) is 11.8 Å². The van der Waals surface area contributed by atoms with Crippen LogP contribution in [0.4, 0.5) is 0 Å². The molecule has 1 aromatic carbocycles. The molecule has 2 aliphatic rings. The van der Waals surface area contributed by atoms with Crippen molar-refractivity contribution < 1.29 is 14.3 Å². The fraction of sp³-hybridized carbons (Fsp3) is 0.400. The van der Waals surface area contributed by atoms with E-state index in [2.05, 4.69) is 16.8 Å². The van der Waals surface area contributed by atoms with E-state index in [9.17, 15) is 9.59 Å². The molecule has 0 aliphatic carbocycles. The van der Waals surface area contributed by atoms with Crippen molar-refractivity contribution in [1.82, 2.24) is 14.8 Å². The summed E-state index contributed by atoms with van der Waals surface area (Å²) in [5.74, 6) is 0.879. The highest BCUT2D eigenvalue weighted by Gasteiger charge is 2.42. The summed E-state index contributed by atoms with van der Waals surface area (Å²) in [6.45, 7) is 7.91. The zero-order valence-electron chi connectivity index (χ0n) is 18.4. The van der Waals surface area contributed by atoms with Gasteiger partial charge in [-0.1, -0.05) is 25.1 Å². The van der Waals surface area contributed by atoms with Crippen molar-refractivity contribution in [1.29, 1.82) is 0 Å². The van der Waals surface area contributed by atoms with Gasteiger partial charge in [0.05, 0.1) is 23.9 Å². The van der Waals surface area contributed by atoms with Crippen LogP contribution in [0.25, 0.3) is 5.57 Å². The Morgan fingerprint density at radius 3 is 2.35 bits per heavy atom. The summed E-state index contributed by atoms with van der Waals surface area (Å²) in [5, 5.41) is 0. The molecule has 0 bridgehead atoms. The molecule has 1 aromatic heterocycles. The fourth-order valence-electron chi connectivity index (χ4n) is 4.12. The van der Waals surface area contributed by atoms with E-state index >= 15 is 0 Å². The Hall–Kier alpha value is -3.15. The molecule has 0 N–H and O–H groups in total. The molecule has 0 atom stereocenters. The third-order valence-electron chi connectivity index (χ3n) is 5.80. The van der Waals surface area contributed by atoms with Gasteiger partial charge in [-0.2, -0.15) is 0 Å². The van der Waals surface area contributed by atoms with E-state index < -0.39 is 0 Å². The standard InChI is InChI=1S/C25H29N3O3/c1-17(2)31-21-9-7-19(8-10-21)22-23(27-14-11-18(3)12-15-27)25(30)28(24(22)29)16-20-6-4-5-13-26-20/h4-10,13,17-18H,11-12,14-16H2,1-3H3. The predicted molar refractivity (Wildman–Crippen MR) is 119 cm³/mol. The zero-order chi connectivity index (χ0) is 22.0. The molecule has 6 nitrogen and oxygen atoms in total. The highest BCUT2D eigenvalue weighted by molar-refractivity contribution is 6.35. The smallest absolute Gasteiger partial charge is 0.278 e. The minimum Gasteiger partial charge on any atom is -0.491 e. The van der Waals surface area contributed by atoms with E-state index in [4.69, 9.17) is 4.74 Å². The summed E-state index contributed by atoms with van der Waals surface area (Å²) in [7, 11) is 0. The minimum absolute atomic E-state index is 0.0690. The SMILES string of the molecule is CC1CCN(C2=C(c3ccc(OC(C)C)cc3)C(=O)N(Cc3ccccn3)C2=O)CC1. The second-order valence-corrected chi connectivity index (χ2v) is 8.60. The monoisotopic (exact) mass is 419 g/mol. The zero-order valence-corrected chi connectivity index (χ0v) is 18.4. The maximum Gasteiger partial charge on any atom is 0.278 e. The van der Waals surface area contributed by atoms with Crippen LogP contribution in [0.3, 0.4) is 0 Å². The van der Waals surface area contributed by atoms with Gasteiger partial charge in [-0.25, -0.2) is 0 Å². The van der Waals surface area contributed by atoms with Gasteiger partial charge < -0.3 is 9.64 Å². The Balaban J connectivity index is 1.69. The van der Waals surface area contributed by atoms with Crippen LogP contribution in [0.15, 0.2) is 54.4 Å². The van der Waals surface area contributed by atoms with Crippen LogP contribution in [-0.2, 0) is 16.1 Å². The van der Waals surface area contributed by atoms with Crippen LogP contribution in [0.2, 0.25) is 0 Å². The lowest BCUT2D eigenvalue weighted by molar-refractivity contribution is -0.138. The number of aromatic nitrogens is 1. The van der Waals surface area contributed by atoms with Crippen LogP contribution >= 0.6 is 0 Å². The molecule has 4 rings (SSSR count). The number of hydrogen-bond acceptors (Lipinski definition) is 5. The lowest BCUT2D eigenvalue weighted by Gasteiger charge is -2.32. The summed E-state index contributed by atoms with van der Waals surface area (Å²) >= 11 is 0. The van der Waals surface area contributed by atoms with Crippen molar-refractivity contribution in [2.24, 2.45) is 5.92 Å². The van der Waals surface area contributed by atoms with Crippen molar-refractivity contribution in [3.63, 3.8) is 0 Å². The molecule has 31 heavy (non-hydrogen) atoms. The average molecular weight is 420 g/mol. The number of benzene rings is 1. The molecule has 2 aromatic rings. The first-order valence-corrected chi connectivity index (χ1v) is 11.0. The van der Waals surface area contributed by atoms with E-state index in [0.717, 1.165) is 37.2 Å². The second-order valence-electron chi connectivity index (χ2n) is 8.60. The van der Waals surface area contributed by atoms with Gasteiger partial charge >= 0.3 is 0 Å². The Kier molecular flexibility index (Phi) is 6.07. The summed E-state index contributed by atoms with van der Waals surface area (Å²) in [5.41, 5.74) is 2.43. The molecule has 0 spiro atoms. The number of imide groups is 1. The maximum absolute atomic E-state index is 13.5. The van der Waals surface area contributed by atoms with Gasteiger partial charge in [0.15, 0.2) is 0 Å². The topological polar surface area (TPSA) is 62.7 Å². The van der Waals surface area contributed by atoms with Crippen LogP contribution in [0, 0.1) is 5.92 Å². The van der Waals surface area contributed by atoms with Crippen LogP contribution in [0.5, 0.6) is 5.75 Å². The van der Waals surface area contributed by atoms with E-state index in [1.54, 1.807) is 6.20 Å². The summed E-state index contributed by atoms with van der Waals surface area (Å²) in [6, 6.07) is 13.0. The fourth-order valence-corrected chi connectivity index (χ4v) is 4.12. The Morgan fingerprint density at radius 2 is 1.74 bits per heavy atom. The van der Waals surface area contributed by atoms with Crippen LogP contribution < -0.4 is 4.74 Å². The molecule has 1 saturated heterocycles. The second kappa shape index (κ2) is 8.92. The Morgan fingerprint density at radius 1 is 1.03 bits per heavy atom. The summed E-state index contributed by atoms with van der Waals surface area (Å²) < 4.78 is 5.74. The predicted octanol–water partition coefficient (Wildman–Crippen LogP) is 3.88. The number of carbonyl (C=O) groups excluding carboxylic acids is 2. The van der Waals surface area contributed by atoms with Gasteiger partial charge in [-0.05, 0) is 62.4 Å². The molecule has 1 fully saturated rings.